The van der Waals surface area contributed by atoms with E-state index in [-0.39, 0.29) is 11.8 Å². The molecule has 37 heavy (non-hydrogen) atoms. The number of ether oxygens (including phenoxy) is 1. The lowest BCUT2D eigenvalue weighted by Gasteiger charge is -2.27. The van der Waals surface area contributed by atoms with Crippen molar-refractivity contribution >= 4 is 40.6 Å². The molecule has 1 saturated carbocycles. The van der Waals surface area contributed by atoms with Gasteiger partial charge in [-0.05, 0) is 61.0 Å². The summed E-state index contributed by atoms with van der Waals surface area (Å²) in [5.41, 5.74) is 3.45. The number of imidazole rings is 1. The second-order valence-electron chi connectivity index (χ2n) is 9.10. The van der Waals surface area contributed by atoms with E-state index in [0.29, 0.717) is 16.6 Å². The number of carbonyl (C=O) groups is 1. The van der Waals surface area contributed by atoms with Gasteiger partial charge >= 0.3 is 0 Å². The van der Waals surface area contributed by atoms with Crippen molar-refractivity contribution in [2.75, 3.05) is 36.5 Å². The highest BCUT2D eigenvalue weighted by molar-refractivity contribution is 7.99. The normalized spacial score (nSPS) is 15.9. The van der Waals surface area contributed by atoms with Gasteiger partial charge < -0.3 is 15.0 Å². The summed E-state index contributed by atoms with van der Waals surface area (Å²) in [7, 11) is 0. The van der Waals surface area contributed by atoms with Gasteiger partial charge in [0, 0.05) is 42.5 Å². The molecule has 1 aliphatic carbocycles. The third-order valence-corrected chi connectivity index (χ3v) is 7.37. The van der Waals surface area contributed by atoms with E-state index in [9.17, 15) is 4.79 Å². The molecule has 0 unspecified atom stereocenters. The highest BCUT2D eigenvalue weighted by Crippen LogP contribution is 2.31. The zero-order valence-electron chi connectivity index (χ0n) is 19.8. The molecular weight excluding hydrogens is 490 g/mol. The van der Waals surface area contributed by atoms with Crippen LogP contribution in [0, 0.1) is 5.92 Å². The Balaban J connectivity index is 1.12. The van der Waals surface area contributed by atoms with Gasteiger partial charge in [-0.2, -0.15) is 5.10 Å². The lowest BCUT2D eigenvalue weighted by Crippen LogP contribution is -2.36. The van der Waals surface area contributed by atoms with Crippen LogP contribution in [0.25, 0.3) is 22.4 Å². The van der Waals surface area contributed by atoms with Crippen molar-refractivity contribution in [3.8, 4) is 11.1 Å². The first kappa shape index (κ1) is 22.2. The molecular formula is C25H23N9O2S. The summed E-state index contributed by atoms with van der Waals surface area (Å²) in [5, 5.41) is 17.6. The zero-order valence-corrected chi connectivity index (χ0v) is 20.6. The maximum absolute atomic E-state index is 12.1. The molecule has 2 fully saturated rings. The number of amides is 1. The number of nitrogens with zero attached hydrogens (tertiary/aromatic N) is 8. The summed E-state index contributed by atoms with van der Waals surface area (Å²) < 4.78 is 9.06. The van der Waals surface area contributed by atoms with Crippen molar-refractivity contribution in [3.63, 3.8) is 0 Å². The number of carbonyl (C=O) groups excluding carboxylic acids is 1. The Labute approximate surface area is 215 Å². The van der Waals surface area contributed by atoms with Crippen molar-refractivity contribution in [2.24, 2.45) is 5.92 Å². The molecule has 5 aromatic heterocycles. The number of pyridine rings is 2. The monoisotopic (exact) mass is 513 g/mol. The summed E-state index contributed by atoms with van der Waals surface area (Å²) in [6.45, 7) is 3.17. The van der Waals surface area contributed by atoms with Crippen LogP contribution >= 0.6 is 11.8 Å². The zero-order chi connectivity index (χ0) is 24.8. The first-order valence-electron chi connectivity index (χ1n) is 12.2. The molecule has 5 aromatic rings. The van der Waals surface area contributed by atoms with E-state index in [1.54, 1.807) is 10.7 Å². The summed E-state index contributed by atoms with van der Waals surface area (Å²) >= 11 is 1.41. The molecule has 186 valence electrons. The van der Waals surface area contributed by atoms with E-state index in [4.69, 9.17) is 4.74 Å². The van der Waals surface area contributed by atoms with Crippen LogP contribution in [-0.4, -0.2) is 66.4 Å². The van der Waals surface area contributed by atoms with E-state index in [1.807, 2.05) is 41.1 Å². The van der Waals surface area contributed by atoms with Gasteiger partial charge in [-0.3, -0.25) is 9.20 Å². The molecule has 0 spiro atoms. The molecule has 1 aliphatic heterocycles. The molecule has 7 rings (SSSR count). The Morgan fingerprint density at radius 1 is 0.973 bits per heavy atom. The third-order valence-electron chi connectivity index (χ3n) is 6.48. The highest BCUT2D eigenvalue weighted by Gasteiger charge is 2.30. The predicted octanol–water partition coefficient (Wildman–Crippen LogP) is 3.17. The molecule has 0 atom stereocenters. The van der Waals surface area contributed by atoms with Gasteiger partial charge in [0.2, 0.25) is 11.1 Å². The van der Waals surface area contributed by atoms with E-state index >= 15 is 0 Å². The second kappa shape index (κ2) is 9.12. The molecule has 1 amide bonds. The van der Waals surface area contributed by atoms with Gasteiger partial charge in [-0.25, -0.2) is 14.5 Å². The molecule has 12 heteroatoms. The van der Waals surface area contributed by atoms with Crippen molar-refractivity contribution in [1.82, 2.24) is 34.2 Å². The molecule has 2 aliphatic rings. The van der Waals surface area contributed by atoms with Gasteiger partial charge in [-0.15, -0.1) is 10.2 Å². The van der Waals surface area contributed by atoms with Crippen LogP contribution in [0.5, 0.6) is 0 Å². The van der Waals surface area contributed by atoms with Crippen LogP contribution in [0.1, 0.15) is 12.8 Å². The number of morpholine rings is 1. The van der Waals surface area contributed by atoms with Crippen LogP contribution < -0.4 is 10.2 Å². The quantitative estimate of drug-likeness (QED) is 0.366. The Bertz CT molecular complexity index is 1600. The lowest BCUT2D eigenvalue weighted by molar-refractivity contribution is -0.117. The number of anilines is 2. The highest BCUT2D eigenvalue weighted by atomic mass is 32.2. The van der Waals surface area contributed by atoms with E-state index < -0.39 is 0 Å². The summed E-state index contributed by atoms with van der Waals surface area (Å²) in [4.78, 5) is 23.4. The van der Waals surface area contributed by atoms with Crippen LogP contribution in [0.15, 0.2) is 65.2 Å². The van der Waals surface area contributed by atoms with Crippen molar-refractivity contribution in [3.05, 3.63) is 55.0 Å². The predicted molar refractivity (Wildman–Crippen MR) is 138 cm³/mol. The average molecular weight is 514 g/mol. The van der Waals surface area contributed by atoms with Crippen LogP contribution in [-0.2, 0) is 9.53 Å². The van der Waals surface area contributed by atoms with Gasteiger partial charge in [0.15, 0.2) is 17.1 Å². The van der Waals surface area contributed by atoms with E-state index in [1.165, 1.54) is 11.8 Å². The standard InChI is InChI=1S/C25H23N9O2S/c35-24(16-1-2-16)28-19-15-34-21(27-19)7-8-23(31-34)37-25-30-29-22-6-4-18(14-33(22)25)17-3-5-20(26-13-17)32-9-11-36-12-10-32/h3-8,13-16H,1-2,9-12H2,(H,28,35). The Kier molecular flexibility index (Phi) is 5.47. The van der Waals surface area contributed by atoms with Gasteiger partial charge in [0.05, 0.1) is 19.4 Å². The SMILES string of the molecule is O=C(Nc1cn2nc(Sc3nnc4ccc(-c5ccc(N6CCOCC6)nc5)cn34)ccc2n1)C1CC1. The second-order valence-corrected chi connectivity index (χ2v) is 10.1. The molecule has 6 heterocycles. The van der Waals surface area contributed by atoms with Crippen LogP contribution in [0.4, 0.5) is 11.6 Å². The fourth-order valence-corrected chi connectivity index (χ4v) is 5.07. The van der Waals surface area contributed by atoms with Crippen molar-refractivity contribution < 1.29 is 9.53 Å². The summed E-state index contributed by atoms with van der Waals surface area (Å²) in [5.74, 6) is 1.62. The maximum Gasteiger partial charge on any atom is 0.228 e. The maximum atomic E-state index is 12.1. The Morgan fingerprint density at radius 2 is 1.81 bits per heavy atom. The van der Waals surface area contributed by atoms with Crippen LogP contribution in [0.2, 0.25) is 0 Å². The van der Waals surface area contributed by atoms with Crippen molar-refractivity contribution in [2.45, 2.75) is 23.0 Å². The number of aromatic nitrogens is 7. The van der Waals surface area contributed by atoms with Crippen LogP contribution in [0.3, 0.4) is 0 Å². The summed E-state index contributed by atoms with van der Waals surface area (Å²) in [6.07, 6.45) is 7.54. The minimum Gasteiger partial charge on any atom is -0.378 e. The molecule has 1 N–H and O–H groups in total. The van der Waals surface area contributed by atoms with Gasteiger partial charge in [0.25, 0.3) is 0 Å². The lowest BCUT2D eigenvalue weighted by atomic mass is 10.1. The Hall–Kier alpha value is -4.03. The molecule has 0 radical (unpaired) electrons. The molecule has 11 nitrogen and oxygen atoms in total. The Morgan fingerprint density at radius 3 is 2.62 bits per heavy atom. The first-order chi connectivity index (χ1) is 18.2. The number of fused-ring (bicyclic) bond motifs is 2. The molecule has 1 saturated heterocycles. The number of hydrogen-bond donors (Lipinski definition) is 1. The smallest absolute Gasteiger partial charge is 0.228 e. The largest absolute Gasteiger partial charge is 0.378 e. The number of nitrogens with one attached hydrogen (secondary N) is 1. The molecule has 0 aromatic carbocycles. The van der Waals surface area contributed by atoms with Crippen molar-refractivity contribution in [1.29, 1.82) is 0 Å². The average Bonchev–Trinajstić information content (AvgIpc) is 3.61. The van der Waals surface area contributed by atoms with Gasteiger partial charge in [0.1, 0.15) is 10.8 Å². The number of hydrogen-bond acceptors (Lipinski definition) is 9. The molecule has 0 bridgehead atoms. The van der Waals surface area contributed by atoms with Gasteiger partial charge in [-0.1, -0.05) is 0 Å². The third kappa shape index (κ3) is 4.49. The van der Waals surface area contributed by atoms with E-state index in [0.717, 1.165) is 66.8 Å². The first-order valence-corrected chi connectivity index (χ1v) is 13.0. The summed E-state index contributed by atoms with van der Waals surface area (Å²) in [6, 6.07) is 11.9. The van der Waals surface area contributed by atoms with E-state index in [2.05, 4.69) is 47.6 Å². The number of rotatable bonds is 6. The minimum absolute atomic E-state index is 0.0228. The minimum atomic E-state index is 0.0228. The fraction of sp³-hybridized carbons (Fsp3) is 0.280. The fourth-order valence-electron chi connectivity index (χ4n) is 4.29. The topological polar surface area (TPSA) is 115 Å².